The molecule has 1 aromatic carbocycles. The number of hydrogen-bond donors (Lipinski definition) is 0. The van der Waals surface area contributed by atoms with E-state index in [0.29, 0.717) is 6.61 Å². The topological polar surface area (TPSA) is 22.4 Å². The molecule has 0 radical (unpaired) electrons. The molecule has 4 rings (SSSR count). The molecule has 2 heterocycles. The molecule has 0 N–H and O–H groups in total. The van der Waals surface area contributed by atoms with Crippen LogP contribution in [0.1, 0.15) is 41.6 Å². The minimum Gasteiger partial charge on any atom is -0.492 e. The van der Waals surface area contributed by atoms with Crippen molar-refractivity contribution in [2.75, 3.05) is 0 Å². The number of allylic oxidation sites excluding steroid dienone is 2. The van der Waals surface area contributed by atoms with Crippen LogP contribution in [0.2, 0.25) is 0 Å². The first kappa shape index (κ1) is 11.6. The van der Waals surface area contributed by atoms with Crippen LogP contribution in [0.25, 0.3) is 11.1 Å². The lowest BCUT2D eigenvalue weighted by Gasteiger charge is -2.22. The monoisotopic (exact) mass is 264 g/mol. The van der Waals surface area contributed by atoms with Gasteiger partial charge in [0.05, 0.1) is 5.57 Å². The van der Waals surface area contributed by atoms with Gasteiger partial charge in [-0.25, -0.2) is 0 Å². The third-order valence-corrected chi connectivity index (χ3v) is 4.07. The lowest BCUT2D eigenvalue weighted by Crippen LogP contribution is -2.07. The van der Waals surface area contributed by atoms with Crippen molar-refractivity contribution in [3.05, 3.63) is 70.4 Å². The third kappa shape index (κ3) is 1.58. The summed E-state index contributed by atoms with van der Waals surface area (Å²) in [6.07, 6.45) is 3.06. The zero-order valence-electron chi connectivity index (χ0n) is 11.7. The molecule has 0 bridgehead atoms. The van der Waals surface area contributed by atoms with E-state index in [1.807, 2.05) is 6.92 Å². The van der Waals surface area contributed by atoms with Gasteiger partial charge in [0.2, 0.25) is 0 Å². The van der Waals surface area contributed by atoms with Crippen molar-refractivity contribution in [2.24, 2.45) is 0 Å². The van der Waals surface area contributed by atoms with Gasteiger partial charge in [-0.05, 0) is 36.6 Å². The Bertz CT molecular complexity index is 759. The molecule has 1 aromatic heterocycles. The third-order valence-electron chi connectivity index (χ3n) is 4.07. The highest BCUT2D eigenvalue weighted by Gasteiger charge is 2.28. The van der Waals surface area contributed by atoms with Crippen LogP contribution >= 0.6 is 0 Å². The standard InChI is InChI=1S/C18H16O2/c1-11-7-8-16-17(18-15(11)9-12(2)20-18)14-6-4-3-5-13(14)10-19-16/h3-7,9H,8,10H2,1-2H3. The quantitative estimate of drug-likeness (QED) is 0.689. The zero-order chi connectivity index (χ0) is 13.7. The fourth-order valence-electron chi connectivity index (χ4n) is 3.04. The second-order valence-corrected chi connectivity index (χ2v) is 5.44. The normalized spacial score (nSPS) is 16.6. The van der Waals surface area contributed by atoms with E-state index in [4.69, 9.17) is 9.15 Å². The van der Waals surface area contributed by atoms with Crippen molar-refractivity contribution in [2.45, 2.75) is 26.9 Å². The van der Waals surface area contributed by atoms with Crippen LogP contribution in [-0.4, -0.2) is 0 Å². The van der Waals surface area contributed by atoms with Gasteiger partial charge in [-0.3, -0.25) is 0 Å². The number of aryl methyl sites for hydroxylation is 1. The molecule has 0 spiro atoms. The number of ether oxygens (including phenoxy) is 1. The SMILES string of the molecule is CC1=CCC2=C(c3ccccc3CO2)c2oc(C)cc21. The smallest absolute Gasteiger partial charge is 0.145 e. The van der Waals surface area contributed by atoms with Gasteiger partial charge in [0.25, 0.3) is 0 Å². The molecule has 0 saturated heterocycles. The maximum Gasteiger partial charge on any atom is 0.145 e. The summed E-state index contributed by atoms with van der Waals surface area (Å²) >= 11 is 0. The van der Waals surface area contributed by atoms with Crippen molar-refractivity contribution in [1.29, 1.82) is 0 Å². The molecular formula is C18H16O2. The summed E-state index contributed by atoms with van der Waals surface area (Å²) in [4.78, 5) is 0. The van der Waals surface area contributed by atoms with Gasteiger partial charge in [-0.2, -0.15) is 0 Å². The summed E-state index contributed by atoms with van der Waals surface area (Å²) in [5.41, 5.74) is 6.04. The predicted molar refractivity (Wildman–Crippen MR) is 79.0 cm³/mol. The van der Waals surface area contributed by atoms with Gasteiger partial charge in [-0.15, -0.1) is 0 Å². The minimum atomic E-state index is 0.650. The largest absolute Gasteiger partial charge is 0.492 e. The van der Waals surface area contributed by atoms with E-state index >= 15 is 0 Å². The predicted octanol–water partition coefficient (Wildman–Crippen LogP) is 4.68. The van der Waals surface area contributed by atoms with Gasteiger partial charge < -0.3 is 9.15 Å². The summed E-state index contributed by atoms with van der Waals surface area (Å²) in [6.45, 7) is 4.78. The van der Waals surface area contributed by atoms with Crippen molar-refractivity contribution < 1.29 is 9.15 Å². The highest BCUT2D eigenvalue weighted by atomic mass is 16.5. The van der Waals surface area contributed by atoms with E-state index in [-0.39, 0.29) is 0 Å². The van der Waals surface area contributed by atoms with Crippen LogP contribution in [0.15, 0.2) is 46.6 Å². The zero-order valence-corrected chi connectivity index (χ0v) is 11.7. The van der Waals surface area contributed by atoms with Gasteiger partial charge in [0.1, 0.15) is 23.9 Å². The molecule has 1 aliphatic heterocycles. The molecular weight excluding hydrogens is 248 g/mol. The fourth-order valence-corrected chi connectivity index (χ4v) is 3.04. The molecule has 0 atom stereocenters. The fraction of sp³-hybridized carbons (Fsp3) is 0.222. The van der Waals surface area contributed by atoms with Crippen molar-refractivity contribution >= 4 is 11.1 Å². The Balaban J connectivity index is 2.03. The van der Waals surface area contributed by atoms with Gasteiger partial charge in [-0.1, -0.05) is 30.3 Å². The number of furan rings is 1. The molecule has 2 aromatic rings. The number of fused-ring (bicyclic) bond motifs is 4. The molecule has 0 fully saturated rings. The highest BCUT2D eigenvalue weighted by Crippen LogP contribution is 2.42. The molecule has 2 nitrogen and oxygen atoms in total. The molecule has 0 saturated carbocycles. The van der Waals surface area contributed by atoms with Crippen LogP contribution in [0.3, 0.4) is 0 Å². The first-order valence-corrected chi connectivity index (χ1v) is 6.96. The van der Waals surface area contributed by atoms with Gasteiger partial charge >= 0.3 is 0 Å². The summed E-state index contributed by atoms with van der Waals surface area (Å²) in [6, 6.07) is 10.5. The van der Waals surface area contributed by atoms with E-state index in [1.165, 1.54) is 22.3 Å². The van der Waals surface area contributed by atoms with E-state index in [0.717, 1.165) is 29.3 Å². The molecule has 0 unspecified atom stereocenters. The lowest BCUT2D eigenvalue weighted by atomic mass is 9.93. The minimum absolute atomic E-state index is 0.650. The first-order valence-electron chi connectivity index (χ1n) is 6.96. The molecule has 20 heavy (non-hydrogen) atoms. The van der Waals surface area contributed by atoms with Crippen LogP contribution in [0, 0.1) is 6.92 Å². The second kappa shape index (κ2) is 4.14. The summed E-state index contributed by atoms with van der Waals surface area (Å²) < 4.78 is 12.0. The average Bonchev–Trinajstić information content (AvgIpc) is 2.80. The summed E-state index contributed by atoms with van der Waals surface area (Å²) in [5.74, 6) is 2.92. The molecule has 2 heteroatoms. The average molecular weight is 264 g/mol. The Hall–Kier alpha value is -2.22. The van der Waals surface area contributed by atoms with E-state index < -0.39 is 0 Å². The first-order chi connectivity index (χ1) is 9.74. The van der Waals surface area contributed by atoms with E-state index in [2.05, 4.69) is 43.3 Å². The maximum absolute atomic E-state index is 6.00. The number of hydrogen-bond acceptors (Lipinski definition) is 2. The second-order valence-electron chi connectivity index (χ2n) is 5.44. The molecule has 1 aliphatic carbocycles. The van der Waals surface area contributed by atoms with Gasteiger partial charge in [0, 0.05) is 12.0 Å². The maximum atomic E-state index is 6.00. The highest BCUT2D eigenvalue weighted by molar-refractivity contribution is 5.88. The summed E-state index contributed by atoms with van der Waals surface area (Å²) in [5, 5.41) is 0. The lowest BCUT2D eigenvalue weighted by molar-refractivity contribution is 0.190. The van der Waals surface area contributed by atoms with Crippen LogP contribution in [0.4, 0.5) is 0 Å². The van der Waals surface area contributed by atoms with Crippen molar-refractivity contribution in [3.8, 4) is 0 Å². The van der Waals surface area contributed by atoms with E-state index in [9.17, 15) is 0 Å². The number of benzene rings is 1. The van der Waals surface area contributed by atoms with Crippen LogP contribution in [0.5, 0.6) is 0 Å². The Kier molecular flexibility index (Phi) is 2.40. The van der Waals surface area contributed by atoms with Crippen LogP contribution < -0.4 is 0 Å². The van der Waals surface area contributed by atoms with Crippen molar-refractivity contribution in [3.63, 3.8) is 0 Å². The number of rotatable bonds is 0. The van der Waals surface area contributed by atoms with Crippen LogP contribution in [-0.2, 0) is 11.3 Å². The van der Waals surface area contributed by atoms with Gasteiger partial charge in [0.15, 0.2) is 0 Å². The Morgan fingerprint density at radius 1 is 1.05 bits per heavy atom. The Morgan fingerprint density at radius 2 is 1.90 bits per heavy atom. The molecule has 2 aliphatic rings. The molecule has 0 amide bonds. The summed E-state index contributed by atoms with van der Waals surface area (Å²) in [7, 11) is 0. The van der Waals surface area contributed by atoms with Crippen molar-refractivity contribution in [1.82, 2.24) is 0 Å². The molecule has 100 valence electrons. The Labute approximate surface area is 118 Å². The van der Waals surface area contributed by atoms with E-state index in [1.54, 1.807) is 0 Å². The Morgan fingerprint density at radius 3 is 2.80 bits per heavy atom.